The summed E-state index contributed by atoms with van der Waals surface area (Å²) in [5, 5.41) is 2.72. The smallest absolute Gasteiger partial charge is 0.343 e. The van der Waals surface area contributed by atoms with E-state index in [1.165, 1.54) is 16.8 Å². The Morgan fingerprint density at radius 3 is 2.88 bits per heavy atom. The minimum atomic E-state index is -0.535. The molecule has 0 amide bonds. The molecule has 2 aromatic heterocycles. The van der Waals surface area contributed by atoms with Crippen molar-refractivity contribution in [1.82, 2.24) is 14.6 Å². The van der Waals surface area contributed by atoms with Gasteiger partial charge in [0, 0.05) is 17.8 Å². The number of ether oxygens (including phenoxy) is 3. The number of rotatable bonds is 3. The van der Waals surface area contributed by atoms with Crippen molar-refractivity contribution in [3.05, 3.63) is 46.4 Å². The summed E-state index contributed by atoms with van der Waals surface area (Å²) in [4.78, 5) is 28.8. The van der Waals surface area contributed by atoms with Crippen LogP contribution in [-0.2, 0) is 4.74 Å². The number of nitrogens with zero attached hydrogens (tertiary/aromatic N) is 2. The first-order valence-corrected chi connectivity index (χ1v) is 7.85. The van der Waals surface area contributed by atoms with Crippen molar-refractivity contribution in [2.75, 3.05) is 19.8 Å². The number of esters is 1. The Kier molecular flexibility index (Phi) is 3.64. The lowest BCUT2D eigenvalue weighted by molar-refractivity contribution is 0.0528. The summed E-state index contributed by atoms with van der Waals surface area (Å²) in [5.41, 5.74) is 1.23. The summed E-state index contributed by atoms with van der Waals surface area (Å²) in [6.45, 7) is 2.93. The molecule has 0 aliphatic carbocycles. The van der Waals surface area contributed by atoms with Gasteiger partial charge < -0.3 is 14.2 Å². The first-order valence-electron chi connectivity index (χ1n) is 7.85. The maximum atomic E-state index is 12.3. The molecule has 0 unspecified atom stereocenters. The van der Waals surface area contributed by atoms with E-state index in [2.05, 4.69) is 10.1 Å². The minimum Gasteiger partial charge on any atom is -0.486 e. The van der Waals surface area contributed by atoms with Gasteiger partial charge in [0.15, 0.2) is 17.1 Å². The topological polar surface area (TPSA) is 94.9 Å². The molecule has 0 saturated heterocycles. The molecule has 0 radical (unpaired) electrons. The van der Waals surface area contributed by atoms with E-state index in [1.54, 1.807) is 25.1 Å². The van der Waals surface area contributed by atoms with Gasteiger partial charge in [-0.2, -0.15) is 0 Å². The molecule has 0 spiro atoms. The summed E-state index contributed by atoms with van der Waals surface area (Å²) in [5.74, 6) is 0.722. The molecule has 8 nitrogen and oxygen atoms in total. The number of carbonyl (C=O) groups excluding carboxylic acids is 1. The zero-order chi connectivity index (χ0) is 17.4. The fraction of sp³-hybridized carbons (Fsp3) is 0.235. The van der Waals surface area contributed by atoms with Crippen LogP contribution in [0.15, 0.2) is 35.3 Å². The number of benzene rings is 1. The number of nitrogens with one attached hydrogen (secondary N) is 1. The van der Waals surface area contributed by atoms with Gasteiger partial charge in [-0.15, -0.1) is 0 Å². The third kappa shape index (κ3) is 2.61. The summed E-state index contributed by atoms with van der Waals surface area (Å²) < 4.78 is 17.3. The van der Waals surface area contributed by atoms with Gasteiger partial charge in [0.1, 0.15) is 18.8 Å². The molecule has 0 saturated carbocycles. The predicted molar refractivity (Wildman–Crippen MR) is 88.2 cm³/mol. The number of hydrogen-bond donors (Lipinski definition) is 1. The Balaban J connectivity index is 1.84. The van der Waals surface area contributed by atoms with Gasteiger partial charge >= 0.3 is 5.97 Å². The Hall–Kier alpha value is -3.29. The van der Waals surface area contributed by atoms with Crippen molar-refractivity contribution in [2.45, 2.75) is 6.92 Å². The third-order valence-corrected chi connectivity index (χ3v) is 3.83. The van der Waals surface area contributed by atoms with E-state index in [0.717, 1.165) is 0 Å². The number of fused-ring (bicyclic) bond motifs is 2. The van der Waals surface area contributed by atoms with Gasteiger partial charge in [0.05, 0.1) is 12.3 Å². The zero-order valence-corrected chi connectivity index (χ0v) is 13.4. The fourth-order valence-corrected chi connectivity index (χ4v) is 2.69. The van der Waals surface area contributed by atoms with Crippen LogP contribution >= 0.6 is 0 Å². The molecule has 3 heterocycles. The van der Waals surface area contributed by atoms with E-state index in [9.17, 15) is 9.59 Å². The lowest BCUT2D eigenvalue weighted by Gasteiger charge is -2.18. The van der Waals surface area contributed by atoms with Crippen LogP contribution in [0.4, 0.5) is 0 Å². The Morgan fingerprint density at radius 2 is 2.08 bits per heavy atom. The van der Waals surface area contributed by atoms with Gasteiger partial charge in [-0.3, -0.25) is 9.89 Å². The van der Waals surface area contributed by atoms with Crippen molar-refractivity contribution in [3.63, 3.8) is 0 Å². The van der Waals surface area contributed by atoms with Gasteiger partial charge in [0.2, 0.25) is 0 Å². The van der Waals surface area contributed by atoms with Crippen LogP contribution in [0.1, 0.15) is 17.3 Å². The van der Waals surface area contributed by atoms with Crippen LogP contribution in [-0.4, -0.2) is 40.4 Å². The summed E-state index contributed by atoms with van der Waals surface area (Å²) >= 11 is 0. The van der Waals surface area contributed by atoms with Crippen molar-refractivity contribution in [3.8, 4) is 22.8 Å². The number of H-pyrrole nitrogens is 1. The Bertz CT molecular complexity index is 1020. The highest BCUT2D eigenvalue weighted by Crippen LogP contribution is 2.33. The highest BCUT2D eigenvalue weighted by atomic mass is 16.6. The van der Waals surface area contributed by atoms with E-state index in [4.69, 9.17) is 14.2 Å². The summed E-state index contributed by atoms with van der Waals surface area (Å²) in [6, 6.07) is 6.73. The van der Waals surface area contributed by atoms with E-state index in [-0.39, 0.29) is 23.4 Å². The quantitative estimate of drug-likeness (QED) is 0.728. The number of hydrogen-bond acceptors (Lipinski definition) is 6. The summed E-state index contributed by atoms with van der Waals surface area (Å²) in [6.07, 6.45) is 1.41. The van der Waals surface area contributed by atoms with Crippen LogP contribution in [0.5, 0.6) is 11.5 Å². The first kappa shape index (κ1) is 15.3. The number of aromatic amines is 1. The zero-order valence-electron chi connectivity index (χ0n) is 13.4. The Labute approximate surface area is 141 Å². The van der Waals surface area contributed by atoms with Crippen molar-refractivity contribution in [1.29, 1.82) is 0 Å². The maximum Gasteiger partial charge on any atom is 0.343 e. The molecule has 25 heavy (non-hydrogen) atoms. The average molecular weight is 341 g/mol. The molecular weight excluding hydrogens is 326 g/mol. The lowest BCUT2D eigenvalue weighted by atomic mass is 10.1. The first-order chi connectivity index (χ1) is 12.2. The van der Waals surface area contributed by atoms with Crippen LogP contribution in [0.25, 0.3) is 16.9 Å². The van der Waals surface area contributed by atoms with E-state index >= 15 is 0 Å². The highest BCUT2D eigenvalue weighted by Gasteiger charge is 2.18. The number of aromatic nitrogens is 3. The molecular formula is C17H15N3O5. The predicted octanol–water partition coefficient (Wildman–Crippen LogP) is 1.64. The van der Waals surface area contributed by atoms with Gasteiger partial charge in [-0.1, -0.05) is 0 Å². The number of carbonyl (C=O) groups is 1. The standard InChI is InChI=1S/C17H15N3O5/c1-2-23-17(22)11-9-18-20-15(21)8-12(19-16(11)20)10-3-4-13-14(7-10)25-6-5-24-13/h3-4,7-9,18H,2,5-6H2,1H3. The van der Waals surface area contributed by atoms with E-state index in [0.29, 0.717) is 36.0 Å². The molecule has 128 valence electrons. The lowest BCUT2D eigenvalue weighted by Crippen LogP contribution is -2.16. The fourth-order valence-electron chi connectivity index (χ4n) is 2.69. The molecule has 4 rings (SSSR count). The molecule has 1 aromatic carbocycles. The van der Waals surface area contributed by atoms with Crippen LogP contribution in [0.2, 0.25) is 0 Å². The van der Waals surface area contributed by atoms with Gasteiger partial charge in [-0.05, 0) is 25.1 Å². The highest BCUT2D eigenvalue weighted by molar-refractivity contribution is 5.95. The molecule has 0 atom stereocenters. The molecule has 1 aliphatic rings. The Morgan fingerprint density at radius 1 is 1.28 bits per heavy atom. The second kappa shape index (κ2) is 5.97. The van der Waals surface area contributed by atoms with Gasteiger partial charge in [-0.25, -0.2) is 14.3 Å². The normalized spacial score (nSPS) is 13.0. The second-order valence-corrected chi connectivity index (χ2v) is 5.40. The van der Waals surface area contributed by atoms with E-state index in [1.807, 2.05) is 0 Å². The minimum absolute atomic E-state index is 0.207. The summed E-state index contributed by atoms with van der Waals surface area (Å²) in [7, 11) is 0. The van der Waals surface area contributed by atoms with Crippen molar-refractivity contribution in [2.24, 2.45) is 0 Å². The third-order valence-electron chi connectivity index (χ3n) is 3.83. The van der Waals surface area contributed by atoms with Crippen molar-refractivity contribution >= 4 is 11.6 Å². The molecule has 8 heteroatoms. The molecule has 1 N–H and O–H groups in total. The molecule has 0 bridgehead atoms. The molecule has 3 aromatic rings. The van der Waals surface area contributed by atoms with Crippen LogP contribution in [0.3, 0.4) is 0 Å². The average Bonchev–Trinajstić information content (AvgIpc) is 3.06. The van der Waals surface area contributed by atoms with Gasteiger partial charge in [0.25, 0.3) is 5.56 Å². The van der Waals surface area contributed by atoms with E-state index < -0.39 is 5.97 Å². The second-order valence-electron chi connectivity index (χ2n) is 5.40. The molecule has 0 fully saturated rings. The SMILES string of the molecule is CCOC(=O)c1c[nH]n2c(=O)cc(-c3ccc4c(c3)OCCO4)nc12. The van der Waals surface area contributed by atoms with Crippen LogP contribution < -0.4 is 15.0 Å². The molecule has 1 aliphatic heterocycles. The largest absolute Gasteiger partial charge is 0.486 e. The monoisotopic (exact) mass is 341 g/mol. The van der Waals surface area contributed by atoms with Crippen LogP contribution in [0, 0.1) is 0 Å². The van der Waals surface area contributed by atoms with Crippen molar-refractivity contribution < 1.29 is 19.0 Å². The maximum absolute atomic E-state index is 12.3.